The summed E-state index contributed by atoms with van der Waals surface area (Å²) in [4.78, 5) is 20.9. The van der Waals surface area contributed by atoms with Crippen LogP contribution in [0, 0.1) is 0 Å². The summed E-state index contributed by atoms with van der Waals surface area (Å²) >= 11 is 0. The van der Waals surface area contributed by atoms with Crippen molar-refractivity contribution in [2.45, 2.75) is 13.0 Å². The minimum atomic E-state index is -0.277. The van der Waals surface area contributed by atoms with Crippen molar-refractivity contribution in [3.8, 4) is 11.5 Å². The van der Waals surface area contributed by atoms with Crippen molar-refractivity contribution in [1.29, 1.82) is 0 Å². The first kappa shape index (κ1) is 20.1. The molecule has 0 aliphatic rings. The van der Waals surface area contributed by atoms with Crippen molar-refractivity contribution in [3.63, 3.8) is 0 Å². The smallest absolute Gasteiger partial charge is 0.270 e. The van der Waals surface area contributed by atoms with E-state index in [0.717, 1.165) is 11.3 Å². The Morgan fingerprint density at radius 1 is 1.03 bits per heavy atom. The highest BCUT2D eigenvalue weighted by Gasteiger charge is 2.11. The van der Waals surface area contributed by atoms with Crippen LogP contribution in [0.2, 0.25) is 0 Å². The zero-order valence-corrected chi connectivity index (χ0v) is 16.5. The van der Waals surface area contributed by atoms with Gasteiger partial charge >= 0.3 is 0 Å². The van der Waals surface area contributed by atoms with Crippen molar-refractivity contribution < 1.29 is 14.3 Å². The van der Waals surface area contributed by atoms with E-state index in [2.05, 4.69) is 20.6 Å². The molecule has 0 radical (unpaired) electrons. The van der Waals surface area contributed by atoms with E-state index in [9.17, 15) is 4.79 Å². The average molecular weight is 392 g/mol. The number of nitrogens with one attached hydrogen (secondary N) is 2. The molecule has 0 bridgehead atoms. The van der Waals surface area contributed by atoms with E-state index >= 15 is 0 Å². The summed E-state index contributed by atoms with van der Waals surface area (Å²) in [7, 11) is 1.61. The molecule has 7 nitrogen and oxygen atoms in total. The Morgan fingerprint density at radius 3 is 2.48 bits per heavy atom. The van der Waals surface area contributed by atoms with Gasteiger partial charge in [0.15, 0.2) is 0 Å². The first-order valence-electron chi connectivity index (χ1n) is 9.35. The Balaban J connectivity index is 1.48. The van der Waals surface area contributed by atoms with Crippen LogP contribution in [-0.4, -0.2) is 36.1 Å². The first-order valence-corrected chi connectivity index (χ1v) is 9.35. The molecule has 2 N–H and O–H groups in total. The Kier molecular flexibility index (Phi) is 7.00. The highest BCUT2D eigenvalue weighted by atomic mass is 16.5. The summed E-state index contributed by atoms with van der Waals surface area (Å²) in [6.45, 7) is 2.72. The van der Waals surface area contributed by atoms with Gasteiger partial charge in [-0.3, -0.25) is 4.79 Å². The molecule has 7 heteroatoms. The molecule has 150 valence electrons. The van der Waals surface area contributed by atoms with Crippen LogP contribution >= 0.6 is 0 Å². The van der Waals surface area contributed by atoms with Gasteiger partial charge in [-0.15, -0.1) is 0 Å². The molecule has 1 amide bonds. The fourth-order valence-electron chi connectivity index (χ4n) is 2.67. The number of nitrogens with zero attached hydrogens (tertiary/aromatic N) is 2. The highest BCUT2D eigenvalue weighted by Crippen LogP contribution is 2.17. The lowest BCUT2D eigenvalue weighted by Gasteiger charge is -2.14. The number of rotatable bonds is 9. The van der Waals surface area contributed by atoms with Gasteiger partial charge in [-0.1, -0.05) is 30.3 Å². The topological polar surface area (TPSA) is 85.4 Å². The quantitative estimate of drug-likeness (QED) is 0.543. The minimum Gasteiger partial charge on any atom is -0.497 e. The van der Waals surface area contributed by atoms with E-state index in [0.29, 0.717) is 30.5 Å². The van der Waals surface area contributed by atoms with E-state index in [1.54, 1.807) is 19.4 Å². The number of carbonyl (C=O) groups is 1. The Bertz CT molecular complexity index is 917. The molecule has 2 aromatic carbocycles. The molecular weight excluding hydrogens is 368 g/mol. The number of anilines is 1. The monoisotopic (exact) mass is 392 g/mol. The molecule has 1 heterocycles. The van der Waals surface area contributed by atoms with Crippen LogP contribution < -0.4 is 20.1 Å². The van der Waals surface area contributed by atoms with Crippen LogP contribution in [-0.2, 0) is 0 Å². The summed E-state index contributed by atoms with van der Waals surface area (Å²) in [6.07, 6.45) is 1.57. The zero-order valence-electron chi connectivity index (χ0n) is 16.5. The van der Waals surface area contributed by atoms with E-state index in [-0.39, 0.29) is 11.9 Å². The normalized spacial score (nSPS) is 11.4. The van der Waals surface area contributed by atoms with Gasteiger partial charge in [0.2, 0.25) is 5.95 Å². The fourth-order valence-corrected chi connectivity index (χ4v) is 2.67. The van der Waals surface area contributed by atoms with Gasteiger partial charge in [-0.05, 0) is 42.8 Å². The second-order valence-electron chi connectivity index (χ2n) is 6.32. The maximum Gasteiger partial charge on any atom is 0.270 e. The Hall–Kier alpha value is -3.61. The Labute approximate surface area is 170 Å². The molecule has 0 aliphatic heterocycles. The van der Waals surface area contributed by atoms with Gasteiger partial charge in [0.1, 0.15) is 23.8 Å². The molecule has 0 fully saturated rings. The maximum atomic E-state index is 12.3. The molecule has 1 unspecified atom stereocenters. The molecule has 3 aromatic rings. The van der Waals surface area contributed by atoms with Crippen molar-refractivity contribution >= 4 is 11.9 Å². The van der Waals surface area contributed by atoms with Crippen molar-refractivity contribution in [2.24, 2.45) is 0 Å². The number of ether oxygens (including phenoxy) is 2. The van der Waals surface area contributed by atoms with Crippen LogP contribution in [0.3, 0.4) is 0 Å². The highest BCUT2D eigenvalue weighted by molar-refractivity contribution is 5.92. The summed E-state index contributed by atoms with van der Waals surface area (Å²) in [5.74, 6) is 1.61. The number of amides is 1. The summed E-state index contributed by atoms with van der Waals surface area (Å²) in [5.41, 5.74) is 1.41. The van der Waals surface area contributed by atoms with Crippen LogP contribution in [0.5, 0.6) is 11.5 Å². The molecule has 0 aliphatic carbocycles. The summed E-state index contributed by atoms with van der Waals surface area (Å²) in [5, 5.41) is 6.01. The van der Waals surface area contributed by atoms with Crippen LogP contribution in [0.25, 0.3) is 0 Å². The Morgan fingerprint density at radius 2 is 1.76 bits per heavy atom. The van der Waals surface area contributed by atoms with E-state index in [1.807, 2.05) is 61.5 Å². The number of benzene rings is 2. The van der Waals surface area contributed by atoms with Gasteiger partial charge < -0.3 is 20.1 Å². The lowest BCUT2D eigenvalue weighted by molar-refractivity contribution is 0.0942. The number of carbonyl (C=O) groups excluding carboxylic acids is 1. The van der Waals surface area contributed by atoms with Gasteiger partial charge in [0.05, 0.1) is 19.7 Å². The van der Waals surface area contributed by atoms with E-state index < -0.39 is 0 Å². The molecular formula is C22H24N4O3. The third kappa shape index (κ3) is 5.93. The van der Waals surface area contributed by atoms with E-state index in [4.69, 9.17) is 9.47 Å². The molecule has 1 atom stereocenters. The zero-order chi connectivity index (χ0) is 20.5. The minimum absolute atomic E-state index is 0.0207. The second kappa shape index (κ2) is 10.1. The first-order chi connectivity index (χ1) is 14.2. The lowest BCUT2D eigenvalue weighted by atomic mass is 10.1. The lowest BCUT2D eigenvalue weighted by Crippen LogP contribution is -2.29. The van der Waals surface area contributed by atoms with Crippen LogP contribution in [0.15, 0.2) is 66.9 Å². The van der Waals surface area contributed by atoms with Gasteiger partial charge in [0.25, 0.3) is 5.91 Å². The molecule has 29 heavy (non-hydrogen) atoms. The van der Waals surface area contributed by atoms with Crippen LogP contribution in [0.4, 0.5) is 5.95 Å². The fraction of sp³-hybridized carbons (Fsp3) is 0.227. The molecule has 0 saturated carbocycles. The number of methoxy groups -OCH3 is 1. The predicted molar refractivity (Wildman–Crippen MR) is 111 cm³/mol. The number of hydrogen-bond donors (Lipinski definition) is 2. The molecule has 3 rings (SSSR count). The third-order valence-electron chi connectivity index (χ3n) is 4.25. The van der Waals surface area contributed by atoms with Crippen LogP contribution in [0.1, 0.15) is 29.0 Å². The molecule has 0 spiro atoms. The number of hydrogen-bond acceptors (Lipinski definition) is 6. The predicted octanol–water partition coefficient (Wildman–Crippen LogP) is 3.47. The molecule has 0 saturated heterocycles. The van der Waals surface area contributed by atoms with Crippen molar-refractivity contribution in [3.05, 3.63) is 78.1 Å². The van der Waals surface area contributed by atoms with Crippen molar-refractivity contribution in [1.82, 2.24) is 15.3 Å². The van der Waals surface area contributed by atoms with Gasteiger partial charge in [-0.25, -0.2) is 9.97 Å². The number of aromatic nitrogens is 2. The SMILES string of the molecule is COc1ccc(OCCNC(=O)c2ccnc(NC(C)c3ccccc3)n2)cc1. The van der Waals surface area contributed by atoms with Gasteiger partial charge in [-0.2, -0.15) is 0 Å². The van der Waals surface area contributed by atoms with E-state index in [1.165, 1.54) is 0 Å². The second-order valence-corrected chi connectivity index (χ2v) is 6.32. The largest absolute Gasteiger partial charge is 0.497 e. The standard InChI is InChI=1S/C22H24N4O3/c1-16(17-6-4-3-5-7-17)25-22-24-13-12-20(26-22)21(27)23-14-15-29-19-10-8-18(28-2)9-11-19/h3-13,16H,14-15H2,1-2H3,(H,23,27)(H,24,25,26). The summed E-state index contributed by atoms with van der Waals surface area (Å²) < 4.78 is 10.7. The molecule has 1 aromatic heterocycles. The summed E-state index contributed by atoms with van der Waals surface area (Å²) in [6, 6.07) is 18.8. The van der Waals surface area contributed by atoms with Crippen molar-refractivity contribution in [2.75, 3.05) is 25.6 Å². The maximum absolute atomic E-state index is 12.3. The van der Waals surface area contributed by atoms with Gasteiger partial charge in [0, 0.05) is 6.20 Å². The average Bonchev–Trinajstić information content (AvgIpc) is 2.77. The third-order valence-corrected chi connectivity index (χ3v) is 4.25.